The van der Waals surface area contributed by atoms with Crippen LogP contribution in [-0.2, 0) is 17.9 Å². The SMILES string of the molecule is CCn1c(=O)c(=O)n(CC(=O)NCCN2CCCCC2C)c2ccccc21. The summed E-state index contributed by atoms with van der Waals surface area (Å²) in [4.78, 5) is 39.6. The van der Waals surface area contributed by atoms with E-state index in [-0.39, 0.29) is 12.5 Å². The van der Waals surface area contributed by atoms with E-state index in [0.29, 0.717) is 30.2 Å². The smallest absolute Gasteiger partial charge is 0.317 e. The van der Waals surface area contributed by atoms with E-state index in [1.807, 2.05) is 13.0 Å². The fourth-order valence-electron chi connectivity index (χ4n) is 3.87. The van der Waals surface area contributed by atoms with Gasteiger partial charge in [0, 0.05) is 25.7 Å². The molecule has 2 aromatic rings. The fourth-order valence-corrected chi connectivity index (χ4v) is 3.87. The van der Waals surface area contributed by atoms with Gasteiger partial charge >= 0.3 is 11.1 Å². The van der Waals surface area contributed by atoms with Crippen molar-refractivity contribution in [2.24, 2.45) is 0 Å². The predicted octanol–water partition coefficient (Wildman–Crippen LogP) is 1.17. The zero-order chi connectivity index (χ0) is 19.4. The van der Waals surface area contributed by atoms with Crippen LogP contribution in [0.1, 0.15) is 33.1 Å². The van der Waals surface area contributed by atoms with Crippen molar-refractivity contribution in [2.45, 2.75) is 52.2 Å². The Labute approximate surface area is 158 Å². The van der Waals surface area contributed by atoms with Crippen LogP contribution in [0, 0.1) is 0 Å². The van der Waals surface area contributed by atoms with E-state index in [1.165, 1.54) is 28.4 Å². The number of nitrogens with zero attached hydrogens (tertiary/aromatic N) is 3. The Bertz CT molecular complexity index is 931. The van der Waals surface area contributed by atoms with Gasteiger partial charge in [0.2, 0.25) is 5.91 Å². The van der Waals surface area contributed by atoms with Crippen LogP contribution in [0.5, 0.6) is 0 Å². The molecule has 1 amide bonds. The second kappa shape index (κ2) is 8.52. The van der Waals surface area contributed by atoms with Gasteiger partial charge in [-0.15, -0.1) is 0 Å². The number of aromatic nitrogens is 2. The molecule has 0 radical (unpaired) electrons. The Morgan fingerprint density at radius 2 is 1.78 bits per heavy atom. The molecule has 146 valence electrons. The monoisotopic (exact) mass is 372 g/mol. The number of carbonyl (C=O) groups is 1. The summed E-state index contributed by atoms with van der Waals surface area (Å²) in [7, 11) is 0. The zero-order valence-electron chi connectivity index (χ0n) is 16.1. The van der Waals surface area contributed by atoms with Crippen molar-refractivity contribution in [3.63, 3.8) is 0 Å². The second-order valence-electron chi connectivity index (χ2n) is 7.16. The molecule has 0 saturated carbocycles. The molecule has 7 nitrogen and oxygen atoms in total. The Morgan fingerprint density at radius 1 is 1.11 bits per heavy atom. The molecular weight excluding hydrogens is 344 g/mol. The topological polar surface area (TPSA) is 76.3 Å². The number of aryl methyl sites for hydroxylation is 1. The Morgan fingerprint density at radius 3 is 2.44 bits per heavy atom. The minimum Gasteiger partial charge on any atom is -0.353 e. The number of amides is 1. The van der Waals surface area contributed by atoms with Crippen molar-refractivity contribution in [3.8, 4) is 0 Å². The molecule has 0 aliphatic carbocycles. The highest BCUT2D eigenvalue weighted by molar-refractivity contribution is 5.80. The van der Waals surface area contributed by atoms with Gasteiger partial charge in [0.1, 0.15) is 6.54 Å². The Hall–Kier alpha value is -2.41. The van der Waals surface area contributed by atoms with Crippen molar-refractivity contribution in [3.05, 3.63) is 45.0 Å². The van der Waals surface area contributed by atoms with Gasteiger partial charge < -0.3 is 9.88 Å². The Balaban J connectivity index is 1.73. The first kappa shape index (κ1) is 19.4. The normalized spacial score (nSPS) is 17.9. The van der Waals surface area contributed by atoms with E-state index in [9.17, 15) is 14.4 Å². The second-order valence-corrected chi connectivity index (χ2v) is 7.16. The summed E-state index contributed by atoms with van der Waals surface area (Å²) in [6.07, 6.45) is 3.67. The standard InChI is InChI=1S/C20H28N4O3/c1-3-23-16-9-4-5-10-17(16)24(20(27)19(23)26)14-18(25)21-11-13-22-12-7-6-8-15(22)2/h4-5,9-10,15H,3,6-8,11-14H2,1-2H3,(H,21,25). The molecule has 1 atom stereocenters. The van der Waals surface area contributed by atoms with Crippen LogP contribution in [0.4, 0.5) is 0 Å². The first-order valence-electron chi connectivity index (χ1n) is 9.76. The van der Waals surface area contributed by atoms with Crippen molar-refractivity contribution >= 4 is 16.9 Å². The van der Waals surface area contributed by atoms with Gasteiger partial charge in [-0.2, -0.15) is 0 Å². The van der Waals surface area contributed by atoms with E-state index >= 15 is 0 Å². The van der Waals surface area contributed by atoms with E-state index < -0.39 is 11.1 Å². The Kier molecular flexibility index (Phi) is 6.11. The average Bonchev–Trinajstić information content (AvgIpc) is 2.67. The van der Waals surface area contributed by atoms with Crippen LogP contribution in [0.25, 0.3) is 11.0 Å². The molecule has 7 heteroatoms. The lowest BCUT2D eigenvalue weighted by molar-refractivity contribution is -0.121. The van der Waals surface area contributed by atoms with E-state index in [2.05, 4.69) is 17.1 Å². The molecule has 1 aromatic carbocycles. The number of nitrogens with one attached hydrogen (secondary N) is 1. The molecule has 0 spiro atoms. The lowest BCUT2D eigenvalue weighted by Crippen LogP contribution is -2.45. The number of fused-ring (bicyclic) bond motifs is 1. The molecule has 1 fully saturated rings. The summed E-state index contributed by atoms with van der Waals surface area (Å²) in [5.41, 5.74) is 0.0183. The third-order valence-corrected chi connectivity index (χ3v) is 5.42. The highest BCUT2D eigenvalue weighted by Gasteiger charge is 2.18. The number of benzene rings is 1. The van der Waals surface area contributed by atoms with Crippen molar-refractivity contribution < 1.29 is 4.79 Å². The molecule has 1 aliphatic rings. The number of rotatable bonds is 6. The van der Waals surface area contributed by atoms with Gasteiger partial charge in [-0.05, 0) is 45.4 Å². The van der Waals surface area contributed by atoms with Crippen LogP contribution in [0.15, 0.2) is 33.9 Å². The summed E-state index contributed by atoms with van der Waals surface area (Å²) in [6, 6.07) is 7.74. The molecule has 1 aliphatic heterocycles. The molecule has 1 aromatic heterocycles. The number of likely N-dealkylation sites (tertiary alicyclic amines) is 1. The van der Waals surface area contributed by atoms with Crippen molar-refractivity contribution in [1.29, 1.82) is 0 Å². The van der Waals surface area contributed by atoms with Crippen LogP contribution in [0.2, 0.25) is 0 Å². The maximum Gasteiger partial charge on any atom is 0.317 e. The summed E-state index contributed by atoms with van der Waals surface area (Å²) >= 11 is 0. The number of carbonyl (C=O) groups excluding carboxylic acids is 1. The van der Waals surface area contributed by atoms with E-state index in [0.717, 1.165) is 13.1 Å². The quantitative estimate of drug-likeness (QED) is 0.773. The number of hydrogen-bond donors (Lipinski definition) is 1. The lowest BCUT2D eigenvalue weighted by Gasteiger charge is -2.33. The third-order valence-electron chi connectivity index (χ3n) is 5.42. The molecule has 3 rings (SSSR count). The van der Waals surface area contributed by atoms with Crippen molar-refractivity contribution in [1.82, 2.24) is 19.4 Å². The summed E-state index contributed by atoms with van der Waals surface area (Å²) in [6.45, 7) is 6.73. The minimum absolute atomic E-state index is 0.144. The maximum absolute atomic E-state index is 12.5. The molecule has 1 saturated heterocycles. The van der Waals surface area contributed by atoms with Crippen molar-refractivity contribution in [2.75, 3.05) is 19.6 Å². The predicted molar refractivity (Wildman–Crippen MR) is 106 cm³/mol. The molecule has 0 bridgehead atoms. The largest absolute Gasteiger partial charge is 0.353 e. The lowest BCUT2D eigenvalue weighted by atomic mass is 10.0. The van der Waals surface area contributed by atoms with Crippen LogP contribution in [-0.4, -0.2) is 45.6 Å². The fraction of sp³-hybridized carbons (Fsp3) is 0.550. The minimum atomic E-state index is -0.657. The first-order chi connectivity index (χ1) is 13.0. The first-order valence-corrected chi connectivity index (χ1v) is 9.76. The van der Waals surface area contributed by atoms with E-state index in [4.69, 9.17) is 0 Å². The van der Waals surface area contributed by atoms with Gasteiger partial charge in [0.05, 0.1) is 11.0 Å². The number of piperidine rings is 1. The van der Waals surface area contributed by atoms with Crippen LogP contribution >= 0.6 is 0 Å². The van der Waals surface area contributed by atoms with Gasteiger partial charge in [-0.25, -0.2) is 0 Å². The summed E-state index contributed by atoms with van der Waals surface area (Å²) in [5.74, 6) is -0.249. The third kappa shape index (κ3) is 4.13. The van der Waals surface area contributed by atoms with Gasteiger partial charge in [-0.1, -0.05) is 18.6 Å². The van der Waals surface area contributed by atoms with Crippen LogP contribution < -0.4 is 16.4 Å². The molecule has 27 heavy (non-hydrogen) atoms. The maximum atomic E-state index is 12.5. The van der Waals surface area contributed by atoms with E-state index in [1.54, 1.807) is 18.2 Å². The van der Waals surface area contributed by atoms with Gasteiger partial charge in [0.25, 0.3) is 0 Å². The highest BCUT2D eigenvalue weighted by Crippen LogP contribution is 2.15. The summed E-state index contributed by atoms with van der Waals surface area (Å²) in [5, 5.41) is 2.89. The molecule has 2 heterocycles. The highest BCUT2D eigenvalue weighted by atomic mass is 16.2. The average molecular weight is 372 g/mol. The van der Waals surface area contributed by atoms with Gasteiger partial charge in [0.15, 0.2) is 0 Å². The number of para-hydroxylation sites is 2. The zero-order valence-corrected chi connectivity index (χ0v) is 16.1. The molecule has 1 unspecified atom stereocenters. The van der Waals surface area contributed by atoms with Crippen LogP contribution in [0.3, 0.4) is 0 Å². The number of hydrogen-bond acceptors (Lipinski definition) is 4. The molecular formula is C20H28N4O3. The molecule has 1 N–H and O–H groups in total. The summed E-state index contributed by atoms with van der Waals surface area (Å²) < 4.78 is 2.73. The van der Waals surface area contributed by atoms with Gasteiger partial charge in [-0.3, -0.25) is 23.9 Å².